The van der Waals surface area contributed by atoms with Gasteiger partial charge in [-0.25, -0.2) is 4.39 Å². The van der Waals surface area contributed by atoms with Crippen LogP contribution < -0.4 is 0 Å². The Morgan fingerprint density at radius 3 is 1.53 bits per heavy atom. The van der Waals surface area contributed by atoms with Crippen LogP contribution in [-0.4, -0.2) is 32.3 Å². The Morgan fingerprint density at radius 2 is 1.29 bits per heavy atom. The van der Waals surface area contributed by atoms with Gasteiger partial charge in [0.05, 0.1) is 0 Å². The SMILES string of the molecule is O=S(=O)(F)C(F)(F)C(F)(F)OC(F)C(F)(F)F. The molecule has 0 heterocycles. The van der Waals surface area contributed by atoms with Gasteiger partial charge in [0.15, 0.2) is 0 Å². The molecule has 0 saturated heterocycles. The van der Waals surface area contributed by atoms with Crippen LogP contribution in [0.3, 0.4) is 0 Å². The summed E-state index contributed by atoms with van der Waals surface area (Å²) >= 11 is 0. The molecule has 1 atom stereocenters. The summed E-state index contributed by atoms with van der Waals surface area (Å²) in [6.45, 7) is 0. The van der Waals surface area contributed by atoms with Gasteiger partial charge in [-0.15, -0.1) is 0 Å². The quantitative estimate of drug-likeness (QED) is 0.591. The summed E-state index contributed by atoms with van der Waals surface area (Å²) in [6.07, 6.45) is -17.6. The Balaban J connectivity index is 5.18. The van der Waals surface area contributed by atoms with Crippen LogP contribution in [0.2, 0.25) is 0 Å². The molecule has 0 aromatic carbocycles. The second-order valence-electron chi connectivity index (χ2n) is 2.45. The van der Waals surface area contributed by atoms with Crippen molar-refractivity contribution in [1.29, 1.82) is 0 Å². The van der Waals surface area contributed by atoms with E-state index < -0.39 is 34.1 Å². The molecular formula is C4HF9O3S. The van der Waals surface area contributed by atoms with Gasteiger partial charge in [-0.05, 0) is 0 Å². The Kier molecular flexibility index (Phi) is 4.01. The van der Waals surface area contributed by atoms with E-state index in [1.165, 1.54) is 0 Å². The van der Waals surface area contributed by atoms with E-state index in [0.29, 0.717) is 0 Å². The topological polar surface area (TPSA) is 43.4 Å². The Morgan fingerprint density at radius 1 is 0.941 bits per heavy atom. The summed E-state index contributed by atoms with van der Waals surface area (Å²) in [5.41, 5.74) is 0. The van der Waals surface area contributed by atoms with E-state index in [1.54, 1.807) is 0 Å². The molecule has 0 bridgehead atoms. The second-order valence-corrected chi connectivity index (χ2v) is 3.84. The van der Waals surface area contributed by atoms with Crippen LogP contribution in [0.25, 0.3) is 0 Å². The van der Waals surface area contributed by atoms with Gasteiger partial charge < -0.3 is 0 Å². The molecule has 0 radical (unpaired) electrons. The van der Waals surface area contributed by atoms with Gasteiger partial charge in [-0.2, -0.15) is 39.2 Å². The first-order valence-electron chi connectivity index (χ1n) is 3.21. The third-order valence-corrected chi connectivity index (χ3v) is 2.00. The highest BCUT2D eigenvalue weighted by molar-refractivity contribution is 7.87. The molecule has 0 N–H and O–H groups in total. The Bertz CT molecular complexity index is 370. The van der Waals surface area contributed by atoms with Gasteiger partial charge in [0, 0.05) is 0 Å². The molecule has 0 aromatic rings. The van der Waals surface area contributed by atoms with Crippen molar-refractivity contribution < 1.29 is 52.2 Å². The first kappa shape index (κ1) is 16.3. The zero-order valence-corrected chi connectivity index (χ0v) is 7.93. The van der Waals surface area contributed by atoms with Crippen molar-refractivity contribution in [1.82, 2.24) is 0 Å². The molecule has 0 aromatic heterocycles. The van der Waals surface area contributed by atoms with Gasteiger partial charge in [0.25, 0.3) is 6.36 Å². The van der Waals surface area contributed by atoms with Crippen molar-refractivity contribution in [2.24, 2.45) is 0 Å². The van der Waals surface area contributed by atoms with E-state index in [9.17, 15) is 47.4 Å². The molecule has 0 aliphatic carbocycles. The zero-order valence-electron chi connectivity index (χ0n) is 7.11. The standard InChI is InChI=1S/C4HF9O3S/c5-1(2(6,7)8)16-3(9,10)4(11,12)17(13,14)15/h1H. The minimum absolute atomic E-state index is 1.90. The van der Waals surface area contributed by atoms with Crippen molar-refractivity contribution in [3.05, 3.63) is 0 Å². The maximum absolute atomic E-state index is 12.1. The highest BCUT2D eigenvalue weighted by Gasteiger charge is 2.70. The number of alkyl halides is 8. The summed E-state index contributed by atoms with van der Waals surface area (Å²) in [4.78, 5) is 0. The number of ether oxygens (including phenoxy) is 1. The molecule has 104 valence electrons. The summed E-state index contributed by atoms with van der Waals surface area (Å²) in [5.74, 6) is 0. The van der Waals surface area contributed by atoms with Crippen molar-refractivity contribution >= 4 is 10.2 Å². The smallest absolute Gasteiger partial charge is 0.271 e. The van der Waals surface area contributed by atoms with Crippen molar-refractivity contribution in [2.75, 3.05) is 0 Å². The number of rotatable bonds is 4. The lowest BCUT2D eigenvalue weighted by Crippen LogP contribution is -2.50. The lowest BCUT2D eigenvalue weighted by Gasteiger charge is -2.24. The summed E-state index contributed by atoms with van der Waals surface area (Å²) in [5, 5.41) is -6.66. The number of hydrogen-bond acceptors (Lipinski definition) is 3. The van der Waals surface area contributed by atoms with E-state index in [0.717, 1.165) is 0 Å². The summed E-state index contributed by atoms with van der Waals surface area (Å²) in [7, 11) is -7.29. The molecule has 0 rings (SSSR count). The summed E-state index contributed by atoms with van der Waals surface area (Å²) in [6, 6.07) is 0. The zero-order chi connectivity index (χ0) is 14.3. The lowest BCUT2D eigenvalue weighted by atomic mass is 10.6. The predicted octanol–water partition coefficient (Wildman–Crippen LogP) is 2.35. The monoisotopic (exact) mass is 300 g/mol. The maximum atomic E-state index is 12.1. The minimum Gasteiger partial charge on any atom is -0.271 e. The third kappa shape index (κ3) is 3.37. The molecule has 13 heteroatoms. The normalized spacial score (nSPS) is 17.0. The fraction of sp³-hybridized carbons (Fsp3) is 1.00. The molecule has 1 unspecified atom stereocenters. The van der Waals surface area contributed by atoms with E-state index in [1.807, 2.05) is 4.74 Å². The second kappa shape index (κ2) is 4.19. The fourth-order valence-corrected chi connectivity index (χ4v) is 0.739. The predicted molar refractivity (Wildman–Crippen MR) is 32.0 cm³/mol. The van der Waals surface area contributed by atoms with E-state index in [-0.39, 0.29) is 0 Å². The molecule has 0 fully saturated rings. The van der Waals surface area contributed by atoms with Crippen molar-refractivity contribution in [3.63, 3.8) is 0 Å². The first-order chi connectivity index (χ1) is 7.13. The van der Waals surface area contributed by atoms with Crippen LogP contribution >= 0.6 is 0 Å². The largest absolute Gasteiger partial charge is 0.464 e. The average Bonchev–Trinajstić information content (AvgIpc) is 1.98. The van der Waals surface area contributed by atoms with Crippen molar-refractivity contribution in [2.45, 2.75) is 23.9 Å². The third-order valence-electron chi connectivity index (χ3n) is 1.15. The van der Waals surface area contributed by atoms with Gasteiger partial charge in [-0.3, -0.25) is 4.74 Å². The highest BCUT2D eigenvalue weighted by Crippen LogP contribution is 2.43. The molecule has 0 aliphatic heterocycles. The van der Waals surface area contributed by atoms with Crippen LogP contribution in [0.15, 0.2) is 0 Å². The minimum atomic E-state index is -7.29. The van der Waals surface area contributed by atoms with E-state index >= 15 is 0 Å². The summed E-state index contributed by atoms with van der Waals surface area (Å²) < 4.78 is 127. The van der Waals surface area contributed by atoms with Gasteiger partial charge >= 0.3 is 27.8 Å². The number of halogens is 9. The Labute approximate surface area is 87.4 Å². The van der Waals surface area contributed by atoms with E-state index in [4.69, 9.17) is 0 Å². The van der Waals surface area contributed by atoms with Crippen LogP contribution in [0.1, 0.15) is 0 Å². The molecular weight excluding hydrogens is 299 g/mol. The molecule has 17 heavy (non-hydrogen) atoms. The maximum Gasteiger partial charge on any atom is 0.464 e. The van der Waals surface area contributed by atoms with Gasteiger partial charge in [-0.1, -0.05) is 3.89 Å². The van der Waals surface area contributed by atoms with Crippen LogP contribution in [0.4, 0.5) is 39.0 Å². The van der Waals surface area contributed by atoms with Crippen LogP contribution in [0.5, 0.6) is 0 Å². The molecule has 0 saturated carbocycles. The first-order valence-corrected chi connectivity index (χ1v) is 4.59. The highest BCUT2D eigenvalue weighted by atomic mass is 32.3. The average molecular weight is 300 g/mol. The van der Waals surface area contributed by atoms with Crippen LogP contribution in [-0.2, 0) is 15.0 Å². The van der Waals surface area contributed by atoms with Gasteiger partial charge in [0.1, 0.15) is 0 Å². The Hall–Kier alpha value is -0.720. The van der Waals surface area contributed by atoms with Crippen LogP contribution in [0, 0.1) is 0 Å². The molecule has 0 spiro atoms. The fourth-order valence-electron chi connectivity index (χ4n) is 0.407. The molecule has 0 amide bonds. The molecule has 0 aliphatic rings. The lowest BCUT2D eigenvalue weighted by molar-refractivity contribution is -0.394. The number of hydrogen-bond donors (Lipinski definition) is 0. The van der Waals surface area contributed by atoms with Gasteiger partial charge in [0.2, 0.25) is 0 Å². The molecule has 3 nitrogen and oxygen atoms in total. The van der Waals surface area contributed by atoms with E-state index in [2.05, 4.69) is 0 Å². The van der Waals surface area contributed by atoms with Crippen molar-refractivity contribution in [3.8, 4) is 0 Å².